The molecule has 0 saturated carbocycles. The highest BCUT2D eigenvalue weighted by atomic mass is 79.9. The fourth-order valence-corrected chi connectivity index (χ4v) is 2.12. The Morgan fingerprint density at radius 3 is 2.56 bits per heavy atom. The van der Waals surface area contributed by atoms with Gasteiger partial charge in [-0.2, -0.15) is 0 Å². The quantitative estimate of drug-likeness (QED) is 0.602. The molecule has 0 radical (unpaired) electrons. The third kappa shape index (κ3) is 2.53. The molecule has 2 rings (SSSR count). The van der Waals surface area contributed by atoms with Crippen molar-refractivity contribution in [2.75, 3.05) is 13.1 Å². The Kier molecular flexibility index (Phi) is 3.78. The first-order valence-electron chi connectivity index (χ1n) is 5.40. The second-order valence-corrected chi connectivity index (χ2v) is 4.40. The van der Waals surface area contributed by atoms with Crippen LogP contribution < -0.4 is 0 Å². The van der Waals surface area contributed by atoms with Crippen molar-refractivity contribution in [2.45, 2.75) is 11.8 Å². The number of rotatable bonds is 2. The molecular formula is C13H14BrNO. The minimum atomic E-state index is 0.130. The summed E-state index contributed by atoms with van der Waals surface area (Å²) in [6, 6.07) is 7.78. The third-order valence-electron chi connectivity index (χ3n) is 2.70. The fraction of sp³-hybridized carbons (Fsp3) is 0.308. The van der Waals surface area contributed by atoms with Gasteiger partial charge in [-0.25, -0.2) is 0 Å². The SMILES string of the molecule is O=C(c1ccc(CBr)cc1)N1CC=CCC1. The average molecular weight is 280 g/mol. The number of hydrogen-bond acceptors (Lipinski definition) is 1. The molecule has 1 heterocycles. The van der Waals surface area contributed by atoms with Crippen LogP contribution in [-0.2, 0) is 5.33 Å². The van der Waals surface area contributed by atoms with Crippen molar-refractivity contribution < 1.29 is 4.79 Å². The van der Waals surface area contributed by atoms with Crippen molar-refractivity contribution in [2.24, 2.45) is 0 Å². The van der Waals surface area contributed by atoms with E-state index in [-0.39, 0.29) is 5.91 Å². The number of alkyl halides is 1. The zero-order valence-electron chi connectivity index (χ0n) is 9.03. The van der Waals surface area contributed by atoms with E-state index in [9.17, 15) is 4.79 Å². The van der Waals surface area contributed by atoms with E-state index in [1.54, 1.807) is 0 Å². The van der Waals surface area contributed by atoms with Crippen LogP contribution in [0.5, 0.6) is 0 Å². The number of nitrogens with zero attached hydrogens (tertiary/aromatic N) is 1. The van der Waals surface area contributed by atoms with E-state index in [1.807, 2.05) is 35.2 Å². The largest absolute Gasteiger partial charge is 0.335 e. The molecule has 84 valence electrons. The summed E-state index contributed by atoms with van der Waals surface area (Å²) in [6.07, 6.45) is 5.14. The van der Waals surface area contributed by atoms with Gasteiger partial charge in [0.1, 0.15) is 0 Å². The van der Waals surface area contributed by atoms with Gasteiger partial charge in [0.2, 0.25) is 0 Å². The Morgan fingerprint density at radius 2 is 2.00 bits per heavy atom. The third-order valence-corrected chi connectivity index (χ3v) is 3.35. The van der Waals surface area contributed by atoms with Gasteiger partial charge in [-0.3, -0.25) is 4.79 Å². The number of carbonyl (C=O) groups excluding carboxylic acids is 1. The number of hydrogen-bond donors (Lipinski definition) is 0. The molecule has 0 aromatic heterocycles. The summed E-state index contributed by atoms with van der Waals surface area (Å²) >= 11 is 3.39. The second kappa shape index (κ2) is 5.30. The molecule has 0 bridgehead atoms. The van der Waals surface area contributed by atoms with Crippen molar-refractivity contribution in [3.05, 3.63) is 47.5 Å². The standard InChI is InChI=1S/C13H14BrNO/c14-10-11-4-6-12(7-5-11)13(16)15-8-2-1-3-9-15/h1-2,4-7H,3,8-10H2. The lowest BCUT2D eigenvalue weighted by molar-refractivity contribution is 0.0771. The summed E-state index contributed by atoms with van der Waals surface area (Å²) in [6.45, 7) is 1.56. The summed E-state index contributed by atoms with van der Waals surface area (Å²) < 4.78 is 0. The number of amides is 1. The van der Waals surface area contributed by atoms with E-state index < -0.39 is 0 Å². The molecule has 0 N–H and O–H groups in total. The zero-order valence-corrected chi connectivity index (χ0v) is 10.6. The highest BCUT2D eigenvalue weighted by molar-refractivity contribution is 9.08. The predicted octanol–water partition coefficient (Wildman–Crippen LogP) is 2.98. The lowest BCUT2D eigenvalue weighted by Crippen LogP contribution is -2.33. The monoisotopic (exact) mass is 279 g/mol. The van der Waals surface area contributed by atoms with Crippen molar-refractivity contribution in [1.29, 1.82) is 0 Å². The molecule has 0 saturated heterocycles. The maximum absolute atomic E-state index is 12.1. The van der Waals surface area contributed by atoms with Crippen LogP contribution in [0, 0.1) is 0 Å². The minimum Gasteiger partial charge on any atom is -0.335 e. The van der Waals surface area contributed by atoms with E-state index in [2.05, 4.69) is 22.0 Å². The normalized spacial score (nSPS) is 15.2. The van der Waals surface area contributed by atoms with Crippen LogP contribution in [0.4, 0.5) is 0 Å². The zero-order chi connectivity index (χ0) is 11.4. The number of carbonyl (C=O) groups is 1. The van der Waals surface area contributed by atoms with Gasteiger partial charge >= 0.3 is 0 Å². The van der Waals surface area contributed by atoms with Crippen molar-refractivity contribution in [1.82, 2.24) is 4.90 Å². The molecule has 0 spiro atoms. The predicted molar refractivity (Wildman–Crippen MR) is 68.7 cm³/mol. The first-order chi connectivity index (χ1) is 7.81. The smallest absolute Gasteiger partial charge is 0.254 e. The summed E-state index contributed by atoms with van der Waals surface area (Å²) in [5, 5.41) is 0.827. The van der Waals surface area contributed by atoms with Gasteiger partial charge < -0.3 is 4.90 Å². The molecule has 0 atom stereocenters. The molecule has 1 aliphatic heterocycles. The maximum Gasteiger partial charge on any atom is 0.254 e. The van der Waals surface area contributed by atoms with Crippen molar-refractivity contribution in [3.8, 4) is 0 Å². The van der Waals surface area contributed by atoms with E-state index in [4.69, 9.17) is 0 Å². The Morgan fingerprint density at radius 1 is 1.25 bits per heavy atom. The van der Waals surface area contributed by atoms with Crippen LogP contribution in [-0.4, -0.2) is 23.9 Å². The second-order valence-electron chi connectivity index (χ2n) is 3.84. The molecule has 2 nitrogen and oxygen atoms in total. The molecule has 1 amide bonds. The average Bonchev–Trinajstić information content (AvgIpc) is 2.39. The van der Waals surface area contributed by atoms with Crippen LogP contribution in [0.25, 0.3) is 0 Å². The molecule has 3 heteroatoms. The van der Waals surface area contributed by atoms with E-state index in [0.29, 0.717) is 0 Å². The van der Waals surface area contributed by atoms with Crippen LogP contribution >= 0.6 is 15.9 Å². The van der Waals surface area contributed by atoms with Gasteiger partial charge in [0.25, 0.3) is 5.91 Å². The first kappa shape index (κ1) is 11.4. The highest BCUT2D eigenvalue weighted by Gasteiger charge is 2.15. The van der Waals surface area contributed by atoms with E-state index in [1.165, 1.54) is 5.56 Å². The van der Waals surface area contributed by atoms with Crippen LogP contribution in [0.15, 0.2) is 36.4 Å². The molecular weight excluding hydrogens is 266 g/mol. The molecule has 0 aliphatic carbocycles. The minimum absolute atomic E-state index is 0.130. The lowest BCUT2D eigenvalue weighted by Gasteiger charge is -2.23. The van der Waals surface area contributed by atoms with Gasteiger partial charge in [-0.15, -0.1) is 0 Å². The maximum atomic E-state index is 12.1. The lowest BCUT2D eigenvalue weighted by atomic mass is 10.1. The van der Waals surface area contributed by atoms with Crippen LogP contribution in [0.1, 0.15) is 22.3 Å². The topological polar surface area (TPSA) is 20.3 Å². The number of benzene rings is 1. The van der Waals surface area contributed by atoms with Gasteiger partial charge in [0.05, 0.1) is 0 Å². The molecule has 1 aromatic carbocycles. The number of halogens is 1. The molecule has 16 heavy (non-hydrogen) atoms. The molecule has 1 aromatic rings. The highest BCUT2D eigenvalue weighted by Crippen LogP contribution is 2.12. The van der Waals surface area contributed by atoms with E-state index >= 15 is 0 Å². The van der Waals surface area contributed by atoms with Crippen molar-refractivity contribution in [3.63, 3.8) is 0 Å². The summed E-state index contributed by atoms with van der Waals surface area (Å²) in [7, 11) is 0. The van der Waals surface area contributed by atoms with Crippen LogP contribution in [0.3, 0.4) is 0 Å². The van der Waals surface area contributed by atoms with Gasteiger partial charge in [-0.1, -0.05) is 40.2 Å². The van der Waals surface area contributed by atoms with Gasteiger partial charge in [0, 0.05) is 24.0 Å². The molecule has 0 fully saturated rings. The molecule has 1 aliphatic rings. The van der Waals surface area contributed by atoms with Crippen molar-refractivity contribution >= 4 is 21.8 Å². The van der Waals surface area contributed by atoms with Gasteiger partial charge in [-0.05, 0) is 24.1 Å². The Hall–Kier alpha value is -1.09. The first-order valence-corrected chi connectivity index (χ1v) is 6.52. The fourth-order valence-electron chi connectivity index (χ4n) is 1.74. The Balaban J connectivity index is 2.10. The van der Waals surface area contributed by atoms with Gasteiger partial charge in [0.15, 0.2) is 0 Å². The van der Waals surface area contributed by atoms with Crippen LogP contribution in [0.2, 0.25) is 0 Å². The molecule has 0 unspecified atom stereocenters. The Labute approximate surface area is 104 Å². The Bertz CT molecular complexity index is 397. The summed E-state index contributed by atoms with van der Waals surface area (Å²) in [4.78, 5) is 14.0. The summed E-state index contributed by atoms with van der Waals surface area (Å²) in [5.74, 6) is 0.130. The summed E-state index contributed by atoms with van der Waals surface area (Å²) in [5.41, 5.74) is 1.97. The van der Waals surface area contributed by atoms with E-state index in [0.717, 1.165) is 30.4 Å².